The van der Waals surface area contributed by atoms with Crippen molar-refractivity contribution in [2.24, 2.45) is 0 Å². The molecule has 16 heavy (non-hydrogen) atoms. The van der Waals surface area contributed by atoms with E-state index in [1.165, 1.54) is 0 Å². The Kier molecular flexibility index (Phi) is 4.28. The van der Waals surface area contributed by atoms with Gasteiger partial charge >= 0.3 is 5.97 Å². The van der Waals surface area contributed by atoms with Gasteiger partial charge in [0, 0.05) is 0 Å². The van der Waals surface area contributed by atoms with Crippen LogP contribution in [-0.2, 0) is 4.74 Å². The number of ether oxygens (including phenoxy) is 1. The van der Waals surface area contributed by atoms with Gasteiger partial charge in [0.2, 0.25) is 0 Å². The van der Waals surface area contributed by atoms with Crippen molar-refractivity contribution in [1.82, 2.24) is 4.98 Å². The third kappa shape index (κ3) is 2.51. The second kappa shape index (κ2) is 5.49. The highest BCUT2D eigenvalue weighted by molar-refractivity contribution is 5.92. The molecule has 1 rings (SSSR count). The minimum Gasteiger partial charge on any atom is -0.461 e. The summed E-state index contributed by atoms with van der Waals surface area (Å²) in [7, 11) is 0. The first kappa shape index (κ1) is 12.5. The van der Waals surface area contributed by atoms with Gasteiger partial charge < -0.3 is 9.72 Å². The van der Waals surface area contributed by atoms with Crippen LogP contribution in [0.4, 0.5) is 0 Å². The van der Waals surface area contributed by atoms with Gasteiger partial charge in [0.1, 0.15) is 5.69 Å². The van der Waals surface area contributed by atoms with Gasteiger partial charge in [-0.3, -0.25) is 4.79 Å². The second-order valence-electron chi connectivity index (χ2n) is 3.77. The molecule has 0 amide bonds. The quantitative estimate of drug-likeness (QED) is 0.473. The van der Waals surface area contributed by atoms with Gasteiger partial charge in [-0.05, 0) is 31.4 Å². The molecule has 1 aromatic rings. The highest BCUT2D eigenvalue weighted by atomic mass is 16.5. The summed E-state index contributed by atoms with van der Waals surface area (Å²) < 4.78 is 5.08. The van der Waals surface area contributed by atoms with E-state index in [-0.39, 0.29) is 5.97 Å². The van der Waals surface area contributed by atoms with Crippen molar-refractivity contribution in [1.29, 1.82) is 0 Å². The van der Waals surface area contributed by atoms with Crippen LogP contribution in [0.25, 0.3) is 0 Å². The van der Waals surface area contributed by atoms with Crippen molar-refractivity contribution < 1.29 is 14.3 Å². The molecule has 0 radical (unpaired) electrons. The maximum Gasteiger partial charge on any atom is 0.355 e. The minimum atomic E-state index is -0.387. The third-order valence-electron chi connectivity index (χ3n) is 2.65. The number of carbonyl (C=O) groups excluding carboxylic acids is 2. The van der Waals surface area contributed by atoms with Gasteiger partial charge in [-0.1, -0.05) is 13.3 Å². The zero-order valence-electron chi connectivity index (χ0n) is 9.92. The number of hydrogen-bond donors (Lipinski definition) is 1. The molecule has 0 aliphatic heterocycles. The molecule has 0 unspecified atom stereocenters. The summed E-state index contributed by atoms with van der Waals surface area (Å²) >= 11 is 0. The molecule has 1 heterocycles. The molecule has 1 N–H and O–H groups in total. The standard InChI is InChI=1S/C12H17NO3/c1-4-5-6-16-12(15)11-9(3)8(2)10(7-14)13-11/h7,13H,4-6H2,1-3H3. The van der Waals surface area contributed by atoms with Gasteiger partial charge in [0.25, 0.3) is 0 Å². The molecule has 4 nitrogen and oxygen atoms in total. The summed E-state index contributed by atoms with van der Waals surface area (Å²) in [6.07, 6.45) is 2.55. The number of H-pyrrole nitrogens is 1. The van der Waals surface area contributed by atoms with Gasteiger partial charge in [-0.25, -0.2) is 4.79 Å². The number of aromatic amines is 1. The molecule has 0 aliphatic rings. The number of aromatic nitrogens is 1. The van der Waals surface area contributed by atoms with E-state index in [0.29, 0.717) is 24.3 Å². The van der Waals surface area contributed by atoms with Gasteiger partial charge in [0.05, 0.1) is 12.3 Å². The molecular weight excluding hydrogens is 206 g/mol. The van der Waals surface area contributed by atoms with Crippen molar-refractivity contribution in [2.45, 2.75) is 33.6 Å². The molecule has 0 bridgehead atoms. The topological polar surface area (TPSA) is 59.2 Å². The normalized spacial score (nSPS) is 10.2. The van der Waals surface area contributed by atoms with Crippen molar-refractivity contribution in [3.63, 3.8) is 0 Å². The summed E-state index contributed by atoms with van der Waals surface area (Å²) in [5, 5.41) is 0. The Bertz CT molecular complexity index is 393. The van der Waals surface area contributed by atoms with Crippen molar-refractivity contribution in [2.75, 3.05) is 6.61 Å². The van der Waals surface area contributed by atoms with E-state index in [1.807, 2.05) is 6.92 Å². The molecule has 0 aromatic carbocycles. The number of carbonyl (C=O) groups is 2. The maximum absolute atomic E-state index is 11.7. The smallest absolute Gasteiger partial charge is 0.355 e. The predicted octanol–water partition coefficient (Wildman–Crippen LogP) is 2.40. The Morgan fingerprint density at radius 2 is 2.06 bits per heavy atom. The molecule has 0 spiro atoms. The van der Waals surface area contributed by atoms with E-state index < -0.39 is 0 Å². The molecule has 0 fully saturated rings. The average molecular weight is 223 g/mol. The minimum absolute atomic E-state index is 0.385. The Morgan fingerprint density at radius 3 is 2.56 bits per heavy atom. The fourth-order valence-corrected chi connectivity index (χ4v) is 1.42. The van der Waals surface area contributed by atoms with Crippen LogP contribution >= 0.6 is 0 Å². The number of rotatable bonds is 5. The predicted molar refractivity (Wildman–Crippen MR) is 60.8 cm³/mol. The largest absolute Gasteiger partial charge is 0.461 e. The fourth-order valence-electron chi connectivity index (χ4n) is 1.42. The first-order chi connectivity index (χ1) is 7.61. The lowest BCUT2D eigenvalue weighted by Crippen LogP contribution is -2.08. The van der Waals surface area contributed by atoms with Crippen LogP contribution in [0.5, 0.6) is 0 Å². The van der Waals surface area contributed by atoms with Crippen LogP contribution in [0, 0.1) is 13.8 Å². The number of unbranched alkanes of at least 4 members (excludes halogenated alkanes) is 1. The van der Waals surface area contributed by atoms with Gasteiger partial charge in [-0.15, -0.1) is 0 Å². The van der Waals surface area contributed by atoms with Crippen LogP contribution in [0.15, 0.2) is 0 Å². The highest BCUT2D eigenvalue weighted by Gasteiger charge is 2.17. The number of esters is 1. The van der Waals surface area contributed by atoms with E-state index in [0.717, 1.165) is 24.0 Å². The summed E-state index contributed by atoms with van der Waals surface area (Å²) in [4.78, 5) is 25.1. The van der Waals surface area contributed by atoms with E-state index in [1.54, 1.807) is 13.8 Å². The van der Waals surface area contributed by atoms with Crippen molar-refractivity contribution in [3.05, 3.63) is 22.5 Å². The first-order valence-corrected chi connectivity index (χ1v) is 5.43. The Labute approximate surface area is 95.0 Å². The van der Waals surface area contributed by atoms with E-state index in [9.17, 15) is 9.59 Å². The Hall–Kier alpha value is -1.58. The second-order valence-corrected chi connectivity index (χ2v) is 3.77. The van der Waals surface area contributed by atoms with Gasteiger partial charge in [0.15, 0.2) is 6.29 Å². The van der Waals surface area contributed by atoms with Crippen LogP contribution in [0.3, 0.4) is 0 Å². The van der Waals surface area contributed by atoms with Crippen LogP contribution < -0.4 is 0 Å². The third-order valence-corrected chi connectivity index (χ3v) is 2.65. The molecular formula is C12H17NO3. The lowest BCUT2D eigenvalue weighted by molar-refractivity contribution is 0.0492. The zero-order chi connectivity index (χ0) is 12.1. The maximum atomic E-state index is 11.7. The Balaban J connectivity index is 2.79. The SMILES string of the molecule is CCCCOC(=O)c1[nH]c(C=O)c(C)c1C. The first-order valence-electron chi connectivity index (χ1n) is 5.43. The highest BCUT2D eigenvalue weighted by Crippen LogP contribution is 2.16. The molecule has 0 saturated heterocycles. The number of aldehydes is 1. The Morgan fingerprint density at radius 1 is 1.38 bits per heavy atom. The van der Waals surface area contributed by atoms with E-state index in [2.05, 4.69) is 4.98 Å². The van der Waals surface area contributed by atoms with Crippen LogP contribution in [0.1, 0.15) is 51.9 Å². The molecule has 0 atom stereocenters. The van der Waals surface area contributed by atoms with E-state index in [4.69, 9.17) is 4.74 Å². The summed E-state index contributed by atoms with van der Waals surface area (Å²) in [5.41, 5.74) is 2.41. The molecule has 1 aromatic heterocycles. The van der Waals surface area contributed by atoms with Crippen LogP contribution in [0.2, 0.25) is 0 Å². The molecule has 0 saturated carbocycles. The fraction of sp³-hybridized carbons (Fsp3) is 0.500. The lowest BCUT2D eigenvalue weighted by atomic mass is 10.1. The number of hydrogen-bond acceptors (Lipinski definition) is 3. The average Bonchev–Trinajstić information content (AvgIpc) is 2.56. The number of nitrogens with one attached hydrogen (secondary N) is 1. The van der Waals surface area contributed by atoms with Crippen LogP contribution in [-0.4, -0.2) is 23.8 Å². The van der Waals surface area contributed by atoms with Crippen molar-refractivity contribution >= 4 is 12.3 Å². The summed E-state index contributed by atoms with van der Waals surface area (Å²) in [6.45, 7) is 6.05. The molecule has 4 heteroatoms. The summed E-state index contributed by atoms with van der Waals surface area (Å²) in [6, 6.07) is 0. The molecule has 0 aliphatic carbocycles. The zero-order valence-corrected chi connectivity index (χ0v) is 9.92. The van der Waals surface area contributed by atoms with Crippen molar-refractivity contribution in [3.8, 4) is 0 Å². The van der Waals surface area contributed by atoms with E-state index >= 15 is 0 Å². The monoisotopic (exact) mass is 223 g/mol. The molecule has 88 valence electrons. The lowest BCUT2D eigenvalue weighted by Gasteiger charge is -2.02. The summed E-state index contributed by atoms with van der Waals surface area (Å²) in [5.74, 6) is -0.387. The van der Waals surface area contributed by atoms with Gasteiger partial charge in [-0.2, -0.15) is 0 Å².